The van der Waals surface area contributed by atoms with Gasteiger partial charge in [0.25, 0.3) is 0 Å². The van der Waals surface area contributed by atoms with Crippen molar-refractivity contribution in [1.29, 1.82) is 0 Å². The molecule has 0 saturated heterocycles. The third-order valence-corrected chi connectivity index (χ3v) is 18.6. The minimum atomic E-state index is -4.95. The summed E-state index contributed by atoms with van der Waals surface area (Å²) in [5.74, 6) is -1.60. The zero-order chi connectivity index (χ0) is 76.6. The molecule has 0 aliphatic carbocycles. The molecular formula is C87H146O16P2. The van der Waals surface area contributed by atoms with Crippen molar-refractivity contribution in [2.75, 3.05) is 39.6 Å². The highest BCUT2D eigenvalue weighted by Gasteiger charge is 2.29. The Hall–Kier alpha value is -4.83. The molecule has 0 aromatic rings. The van der Waals surface area contributed by atoms with Crippen molar-refractivity contribution in [2.45, 2.75) is 334 Å². The van der Waals surface area contributed by atoms with Crippen LogP contribution in [0.15, 0.2) is 158 Å². The quantitative estimate of drug-likeness (QED) is 0.0146. The second kappa shape index (κ2) is 78.7. The Morgan fingerprint density at radius 2 is 0.505 bits per heavy atom. The maximum absolute atomic E-state index is 13.0. The lowest BCUT2D eigenvalue weighted by Crippen LogP contribution is -2.30. The fraction of sp³-hybridized carbons (Fsp3) is 0.667. The Balaban J connectivity index is 4.68. The Morgan fingerprint density at radius 3 is 0.800 bits per heavy atom. The molecule has 0 aliphatic heterocycles. The summed E-state index contributed by atoms with van der Waals surface area (Å²) in [7, 11) is -9.81. The molecule has 4 N–H and O–H groups in total. The van der Waals surface area contributed by atoms with E-state index in [0.717, 1.165) is 186 Å². The number of aliphatic hydroxyl groups excluding tert-OH is 2. The number of rotatable bonds is 76. The zero-order valence-corrected chi connectivity index (χ0v) is 67.4. The largest absolute Gasteiger partial charge is 0.472 e. The molecule has 0 saturated carbocycles. The molecule has 5 atom stereocenters. The number of aliphatic hydroxyl groups is 2. The van der Waals surface area contributed by atoms with Crippen LogP contribution >= 0.6 is 15.6 Å². The van der Waals surface area contributed by atoms with E-state index >= 15 is 0 Å². The third-order valence-electron chi connectivity index (χ3n) is 16.7. The minimum absolute atomic E-state index is 0.0841. The molecule has 18 heteroatoms. The van der Waals surface area contributed by atoms with Gasteiger partial charge in [0.15, 0.2) is 6.10 Å². The summed E-state index contributed by atoms with van der Waals surface area (Å²) in [6.45, 7) is 2.41. The Morgan fingerprint density at radius 1 is 0.276 bits per heavy atom. The predicted octanol–water partition coefficient (Wildman–Crippen LogP) is 24.2. The average Bonchev–Trinajstić information content (AvgIpc) is 0.923. The van der Waals surface area contributed by atoms with E-state index in [2.05, 4.69) is 179 Å². The first-order valence-corrected chi connectivity index (χ1v) is 43.8. The van der Waals surface area contributed by atoms with Crippen LogP contribution in [0.1, 0.15) is 316 Å². The lowest BCUT2D eigenvalue weighted by atomic mass is 10.1. The molecule has 0 amide bonds. The van der Waals surface area contributed by atoms with Crippen LogP contribution in [0.4, 0.5) is 0 Å². The van der Waals surface area contributed by atoms with Crippen molar-refractivity contribution in [1.82, 2.24) is 0 Å². The number of esters is 3. The van der Waals surface area contributed by atoms with E-state index in [0.29, 0.717) is 19.3 Å². The van der Waals surface area contributed by atoms with Crippen LogP contribution in [-0.4, -0.2) is 95.9 Å². The number of hydrogen-bond acceptors (Lipinski definition) is 14. The highest BCUT2D eigenvalue weighted by molar-refractivity contribution is 7.47. The third kappa shape index (κ3) is 80.0. The van der Waals surface area contributed by atoms with Gasteiger partial charge in [-0.25, -0.2) is 9.13 Å². The molecule has 16 nitrogen and oxygen atoms in total. The Labute approximate surface area is 638 Å². The molecule has 105 heavy (non-hydrogen) atoms. The summed E-state index contributed by atoms with van der Waals surface area (Å²) in [5, 5.41) is 20.7. The van der Waals surface area contributed by atoms with E-state index in [-0.39, 0.29) is 19.3 Å². The van der Waals surface area contributed by atoms with Crippen LogP contribution in [0.5, 0.6) is 0 Å². The molecule has 5 unspecified atom stereocenters. The second-order valence-electron chi connectivity index (χ2n) is 26.8. The van der Waals surface area contributed by atoms with Crippen molar-refractivity contribution in [2.24, 2.45) is 0 Å². The summed E-state index contributed by atoms with van der Waals surface area (Å²) in [5.41, 5.74) is 0. The molecular weight excluding hydrogens is 1360 g/mol. The number of phosphoric ester groups is 2. The highest BCUT2D eigenvalue weighted by atomic mass is 31.2. The van der Waals surface area contributed by atoms with Crippen molar-refractivity contribution in [3.8, 4) is 0 Å². The van der Waals surface area contributed by atoms with E-state index in [9.17, 15) is 43.5 Å². The summed E-state index contributed by atoms with van der Waals surface area (Å²) in [6, 6.07) is 0. The molecule has 0 spiro atoms. The SMILES string of the molecule is CC/C=C\C/C=C\C/C=C\C/C=C\C/C=C\CCCCCCCCCCCC(=O)OCC(O)COP(=O)(O)OCC(O)COP(=O)(O)OCC(COC(=O)CCCCCCCCCCC/C=C\C/C=C\C/C=C\C/C=C\C/C=C\CC)OC(=O)CCCCCCCC/C=C\C/C=C\C/C=C\CCCCC. The molecule has 0 rings (SSSR count). The fourth-order valence-electron chi connectivity index (χ4n) is 10.6. The van der Waals surface area contributed by atoms with Gasteiger partial charge >= 0.3 is 33.6 Å². The van der Waals surface area contributed by atoms with Crippen molar-refractivity contribution in [3.63, 3.8) is 0 Å². The van der Waals surface area contributed by atoms with Gasteiger partial charge in [-0.15, -0.1) is 0 Å². The average molecular weight is 1510 g/mol. The van der Waals surface area contributed by atoms with Gasteiger partial charge in [0.2, 0.25) is 0 Å². The first kappa shape index (κ1) is 100. The van der Waals surface area contributed by atoms with Gasteiger partial charge in [-0.1, -0.05) is 307 Å². The molecule has 0 fully saturated rings. The lowest BCUT2D eigenvalue weighted by molar-refractivity contribution is -0.161. The molecule has 0 aromatic carbocycles. The van der Waals surface area contributed by atoms with E-state index in [1.807, 2.05) is 0 Å². The van der Waals surface area contributed by atoms with Gasteiger partial charge < -0.3 is 34.2 Å². The normalized spacial score (nSPS) is 14.8. The molecule has 0 radical (unpaired) electrons. The highest BCUT2D eigenvalue weighted by Crippen LogP contribution is 2.45. The number of ether oxygens (including phenoxy) is 3. The molecule has 0 bridgehead atoms. The van der Waals surface area contributed by atoms with Crippen molar-refractivity contribution in [3.05, 3.63) is 158 Å². The molecule has 0 heterocycles. The van der Waals surface area contributed by atoms with E-state index < -0.39 is 91.5 Å². The van der Waals surface area contributed by atoms with Crippen LogP contribution in [0.25, 0.3) is 0 Å². The van der Waals surface area contributed by atoms with Gasteiger partial charge in [0, 0.05) is 19.3 Å². The number of phosphoric acid groups is 2. The monoisotopic (exact) mass is 1510 g/mol. The first-order chi connectivity index (χ1) is 51.2. The van der Waals surface area contributed by atoms with E-state index in [4.69, 9.17) is 32.3 Å². The second-order valence-corrected chi connectivity index (χ2v) is 29.7. The number of allylic oxidation sites excluding steroid dienone is 26. The topological polar surface area (TPSA) is 231 Å². The molecule has 0 aromatic heterocycles. The summed E-state index contributed by atoms with van der Waals surface area (Å²) < 4.78 is 61.3. The van der Waals surface area contributed by atoms with Crippen LogP contribution in [0.3, 0.4) is 0 Å². The molecule has 600 valence electrons. The van der Waals surface area contributed by atoms with Crippen LogP contribution < -0.4 is 0 Å². The van der Waals surface area contributed by atoms with Crippen molar-refractivity contribution >= 4 is 33.6 Å². The summed E-state index contributed by atoms with van der Waals surface area (Å²) in [4.78, 5) is 58.8. The van der Waals surface area contributed by atoms with Gasteiger partial charge in [-0.05, 0) is 148 Å². The van der Waals surface area contributed by atoms with Crippen molar-refractivity contribution < 1.29 is 75.8 Å². The van der Waals surface area contributed by atoms with Gasteiger partial charge in [-0.2, -0.15) is 0 Å². The number of carbonyl (C=O) groups is 3. The van der Waals surface area contributed by atoms with E-state index in [1.165, 1.54) is 70.6 Å². The summed E-state index contributed by atoms with van der Waals surface area (Å²) in [6.07, 6.45) is 98.4. The number of unbranched alkanes of at least 4 members (excludes halogenated alkanes) is 27. The summed E-state index contributed by atoms with van der Waals surface area (Å²) >= 11 is 0. The zero-order valence-electron chi connectivity index (χ0n) is 65.6. The van der Waals surface area contributed by atoms with Crippen LogP contribution in [0, 0.1) is 0 Å². The molecule has 0 aliphatic rings. The van der Waals surface area contributed by atoms with Gasteiger partial charge in [0.05, 0.1) is 26.4 Å². The van der Waals surface area contributed by atoms with Gasteiger partial charge in [0.1, 0.15) is 25.4 Å². The Bertz CT molecular complexity index is 2540. The maximum atomic E-state index is 13.0. The maximum Gasteiger partial charge on any atom is 0.472 e. The smallest absolute Gasteiger partial charge is 0.463 e. The fourth-order valence-corrected chi connectivity index (χ4v) is 12.2. The number of carbonyl (C=O) groups excluding carboxylic acids is 3. The standard InChI is InChI=1S/C87H146O16P2/c1-4-7-10-13-16-19-22-25-28-31-34-36-38-40-42-44-47-49-52-55-58-61-64-67-70-73-85(90)97-76-82(88)77-99-104(93,94)100-78-83(89)79-101-105(95,96)102-81-84(103-87(92)75-72-69-66-63-60-57-54-51-46-33-30-27-24-21-18-15-12-9-6-3)80-98-86(91)74-71-68-65-62-59-56-53-50-48-45-43-41-39-37-35-32-29-26-23-20-17-14-11-8-5-2/h7-8,10-11,16-21,25-30,34-37,40-43,46,51,82-84,88-89H,4-6,9,12-15,22-24,31-33,38-39,44-45,47-50,52-81H2,1-3H3,(H,93,94)(H,95,96)/b10-7-,11-8-,19-16-,20-17-,21-18-,28-25-,29-26-,30-27-,36-34-,37-35-,42-40-,43-41-,51-46-. The van der Waals surface area contributed by atoms with Crippen LogP contribution in [-0.2, 0) is 55.8 Å². The number of hydrogen-bond donors (Lipinski definition) is 4. The van der Waals surface area contributed by atoms with Gasteiger partial charge in [-0.3, -0.25) is 32.5 Å². The Kier molecular flexibility index (Phi) is 75.1. The van der Waals surface area contributed by atoms with E-state index in [1.54, 1.807) is 0 Å². The lowest BCUT2D eigenvalue weighted by Gasteiger charge is -2.21. The predicted molar refractivity (Wildman–Crippen MR) is 435 cm³/mol. The van der Waals surface area contributed by atoms with Crippen LogP contribution in [0.2, 0.25) is 0 Å². The first-order valence-electron chi connectivity index (χ1n) is 40.8. The minimum Gasteiger partial charge on any atom is -0.463 e.